The number of aryl methyl sites for hydroxylation is 1. The summed E-state index contributed by atoms with van der Waals surface area (Å²) in [6.07, 6.45) is 1.04. The second-order valence-corrected chi connectivity index (χ2v) is 7.58. The molecule has 0 aliphatic carbocycles. The normalized spacial score (nSPS) is 15.4. The van der Waals surface area contributed by atoms with E-state index in [1.54, 1.807) is 17.7 Å². The first kappa shape index (κ1) is 21.0. The molecule has 0 bridgehead atoms. The number of rotatable bonds is 6. The molecule has 0 saturated heterocycles. The first-order valence-corrected chi connectivity index (χ1v) is 10.2. The third-order valence-corrected chi connectivity index (χ3v) is 5.35. The minimum Gasteiger partial charge on any atom is -0.396 e. The van der Waals surface area contributed by atoms with Gasteiger partial charge in [-0.2, -0.15) is 10.1 Å². The number of aromatic nitrogens is 3. The number of halogens is 2. The van der Waals surface area contributed by atoms with E-state index in [1.165, 1.54) is 24.3 Å². The number of nitrogens with one attached hydrogen (secondary N) is 2. The van der Waals surface area contributed by atoms with Crippen LogP contribution in [0, 0.1) is 5.82 Å². The molecule has 1 aliphatic rings. The Morgan fingerprint density at radius 3 is 2.71 bits per heavy atom. The first-order chi connectivity index (χ1) is 15.0. The zero-order valence-corrected chi connectivity index (χ0v) is 17.5. The summed E-state index contributed by atoms with van der Waals surface area (Å²) in [5, 5.41) is 20.2. The summed E-state index contributed by atoms with van der Waals surface area (Å²) in [5.41, 5.74) is 2.20. The summed E-state index contributed by atoms with van der Waals surface area (Å²) in [5.74, 6) is 0.305. The van der Waals surface area contributed by atoms with Crippen LogP contribution in [-0.4, -0.2) is 32.4 Å². The Hall–Kier alpha value is -3.23. The SMILES string of the molecule is CC1=C(C(=O)Nc2ccc(F)cc2)C(c2ccccc2Cl)n2nc(CCCO)nc2N1. The molecule has 160 valence electrons. The molecule has 0 radical (unpaired) electrons. The molecule has 3 N–H and O–H groups in total. The molecule has 1 atom stereocenters. The van der Waals surface area contributed by atoms with Crippen molar-refractivity contribution >= 4 is 29.1 Å². The van der Waals surface area contributed by atoms with Crippen molar-refractivity contribution in [3.05, 3.63) is 82.0 Å². The second-order valence-electron chi connectivity index (χ2n) is 7.17. The van der Waals surface area contributed by atoms with Gasteiger partial charge < -0.3 is 15.7 Å². The number of aliphatic hydroxyl groups is 1. The van der Waals surface area contributed by atoms with Crippen molar-refractivity contribution in [1.82, 2.24) is 14.8 Å². The number of nitrogens with zero attached hydrogens (tertiary/aromatic N) is 3. The average molecular weight is 442 g/mol. The minimum atomic E-state index is -0.610. The fraction of sp³-hybridized carbons (Fsp3) is 0.227. The smallest absolute Gasteiger partial charge is 0.255 e. The second kappa shape index (κ2) is 8.87. The maximum absolute atomic E-state index is 13.3. The van der Waals surface area contributed by atoms with Gasteiger partial charge in [0.2, 0.25) is 5.95 Å². The van der Waals surface area contributed by atoms with Gasteiger partial charge in [-0.05, 0) is 43.7 Å². The van der Waals surface area contributed by atoms with E-state index in [0.29, 0.717) is 52.2 Å². The van der Waals surface area contributed by atoms with Crippen molar-refractivity contribution in [2.45, 2.75) is 25.8 Å². The van der Waals surface area contributed by atoms with E-state index in [4.69, 9.17) is 16.7 Å². The zero-order chi connectivity index (χ0) is 22.0. The van der Waals surface area contributed by atoms with Crippen LogP contribution in [0.5, 0.6) is 0 Å². The van der Waals surface area contributed by atoms with Crippen LogP contribution in [0.25, 0.3) is 0 Å². The lowest BCUT2D eigenvalue weighted by Crippen LogP contribution is -2.31. The fourth-order valence-corrected chi connectivity index (χ4v) is 3.79. The molecule has 7 nitrogen and oxygen atoms in total. The highest BCUT2D eigenvalue weighted by molar-refractivity contribution is 6.31. The van der Waals surface area contributed by atoms with Crippen LogP contribution in [0.1, 0.15) is 30.8 Å². The quantitative estimate of drug-likeness (QED) is 0.539. The van der Waals surface area contributed by atoms with Gasteiger partial charge in [0.15, 0.2) is 5.82 Å². The van der Waals surface area contributed by atoms with Gasteiger partial charge in [-0.1, -0.05) is 29.8 Å². The standard InChI is InChI=1S/C22H21ClFN5O2/c1-13-19(21(31)26-15-10-8-14(24)9-11-15)20(16-5-2-3-6-17(16)23)29-22(25-13)27-18(28-29)7-4-12-30/h2-3,5-6,8-11,20,30H,4,7,12H2,1H3,(H,26,31)(H,25,27,28). The molecule has 1 amide bonds. The van der Waals surface area contributed by atoms with Crippen molar-refractivity contribution in [2.24, 2.45) is 0 Å². The van der Waals surface area contributed by atoms with Gasteiger partial charge in [-0.3, -0.25) is 4.79 Å². The number of amides is 1. The number of benzene rings is 2. The van der Waals surface area contributed by atoms with Crippen LogP contribution in [-0.2, 0) is 11.2 Å². The lowest BCUT2D eigenvalue weighted by atomic mass is 9.95. The maximum Gasteiger partial charge on any atom is 0.255 e. The maximum atomic E-state index is 13.3. The Morgan fingerprint density at radius 2 is 2.00 bits per heavy atom. The van der Waals surface area contributed by atoms with Crippen LogP contribution >= 0.6 is 11.6 Å². The Bertz CT molecular complexity index is 1140. The number of carbonyl (C=O) groups is 1. The van der Waals surface area contributed by atoms with E-state index in [1.807, 2.05) is 18.2 Å². The van der Waals surface area contributed by atoms with Gasteiger partial charge in [0, 0.05) is 35.0 Å². The molecule has 9 heteroatoms. The molecule has 4 rings (SSSR count). The van der Waals surface area contributed by atoms with Crippen LogP contribution in [0.4, 0.5) is 16.0 Å². The predicted octanol–water partition coefficient (Wildman–Crippen LogP) is 3.92. The van der Waals surface area contributed by atoms with E-state index < -0.39 is 6.04 Å². The molecule has 2 heterocycles. The summed E-state index contributed by atoms with van der Waals surface area (Å²) < 4.78 is 14.9. The van der Waals surface area contributed by atoms with Gasteiger partial charge in [-0.15, -0.1) is 0 Å². The third-order valence-electron chi connectivity index (χ3n) is 5.00. The number of allylic oxidation sites excluding steroid dienone is 1. The zero-order valence-electron chi connectivity index (χ0n) is 16.8. The summed E-state index contributed by atoms with van der Waals surface area (Å²) in [4.78, 5) is 17.8. The van der Waals surface area contributed by atoms with Crippen molar-refractivity contribution < 1.29 is 14.3 Å². The summed E-state index contributed by atoms with van der Waals surface area (Å²) >= 11 is 6.50. The van der Waals surface area contributed by atoms with E-state index in [2.05, 4.69) is 20.7 Å². The largest absolute Gasteiger partial charge is 0.396 e. The highest BCUT2D eigenvalue weighted by Gasteiger charge is 2.35. The monoisotopic (exact) mass is 441 g/mol. The minimum absolute atomic E-state index is 0.0356. The number of hydrogen-bond donors (Lipinski definition) is 3. The Balaban J connectivity index is 1.76. The van der Waals surface area contributed by atoms with Gasteiger partial charge in [0.05, 0.1) is 5.57 Å². The third kappa shape index (κ3) is 4.30. The number of fused-ring (bicyclic) bond motifs is 1. The molecule has 1 aromatic heterocycles. The van der Waals surface area contributed by atoms with Crippen molar-refractivity contribution in [3.63, 3.8) is 0 Å². The summed E-state index contributed by atoms with van der Waals surface area (Å²) in [6, 6.07) is 12.2. The molecule has 1 aliphatic heterocycles. The molecule has 1 unspecified atom stereocenters. The topological polar surface area (TPSA) is 92.1 Å². The van der Waals surface area contributed by atoms with Gasteiger partial charge in [-0.25, -0.2) is 9.07 Å². The Morgan fingerprint density at radius 1 is 1.26 bits per heavy atom. The Kier molecular flexibility index (Phi) is 6.01. The van der Waals surface area contributed by atoms with E-state index in [0.717, 1.165) is 0 Å². The number of anilines is 2. The molecule has 3 aromatic rings. The molecular formula is C22H21ClFN5O2. The molecular weight excluding hydrogens is 421 g/mol. The van der Waals surface area contributed by atoms with Crippen molar-refractivity contribution in [2.75, 3.05) is 17.2 Å². The van der Waals surface area contributed by atoms with Gasteiger partial charge in [0.1, 0.15) is 11.9 Å². The predicted molar refractivity (Wildman–Crippen MR) is 116 cm³/mol. The van der Waals surface area contributed by atoms with Crippen molar-refractivity contribution in [3.8, 4) is 0 Å². The number of carbonyl (C=O) groups excluding carboxylic acids is 1. The summed E-state index contributed by atoms with van der Waals surface area (Å²) in [6.45, 7) is 1.82. The van der Waals surface area contributed by atoms with E-state index in [9.17, 15) is 9.18 Å². The highest BCUT2D eigenvalue weighted by Crippen LogP contribution is 2.38. The van der Waals surface area contributed by atoms with Gasteiger partial charge >= 0.3 is 0 Å². The first-order valence-electron chi connectivity index (χ1n) is 9.83. The van der Waals surface area contributed by atoms with Gasteiger partial charge in [0.25, 0.3) is 5.91 Å². The van der Waals surface area contributed by atoms with Crippen LogP contribution in [0.15, 0.2) is 59.8 Å². The highest BCUT2D eigenvalue weighted by atomic mass is 35.5. The van der Waals surface area contributed by atoms with Crippen LogP contribution in [0.2, 0.25) is 5.02 Å². The molecule has 0 saturated carbocycles. The van der Waals surface area contributed by atoms with Crippen molar-refractivity contribution in [1.29, 1.82) is 0 Å². The lowest BCUT2D eigenvalue weighted by molar-refractivity contribution is -0.113. The van der Waals surface area contributed by atoms with E-state index in [-0.39, 0.29) is 18.3 Å². The van der Waals surface area contributed by atoms with E-state index >= 15 is 0 Å². The average Bonchev–Trinajstić information content (AvgIpc) is 3.15. The fourth-order valence-electron chi connectivity index (χ4n) is 3.55. The van der Waals surface area contributed by atoms with Crippen LogP contribution < -0.4 is 10.6 Å². The van der Waals surface area contributed by atoms with Crippen LogP contribution in [0.3, 0.4) is 0 Å². The molecule has 31 heavy (non-hydrogen) atoms. The lowest BCUT2D eigenvalue weighted by Gasteiger charge is -2.29. The summed E-state index contributed by atoms with van der Waals surface area (Å²) in [7, 11) is 0. The molecule has 0 fully saturated rings. The Labute approximate surface area is 183 Å². The number of hydrogen-bond acceptors (Lipinski definition) is 5. The molecule has 2 aromatic carbocycles. The molecule has 0 spiro atoms. The number of aliphatic hydroxyl groups excluding tert-OH is 1.